The van der Waals surface area contributed by atoms with E-state index in [9.17, 15) is 14.4 Å². The van der Waals surface area contributed by atoms with Crippen LogP contribution in [0.3, 0.4) is 0 Å². The molecule has 0 spiro atoms. The Morgan fingerprint density at radius 2 is 1.59 bits per heavy atom. The first-order valence-corrected chi connectivity index (χ1v) is 12.6. The zero-order chi connectivity index (χ0) is 24.1. The highest BCUT2D eigenvalue weighted by Crippen LogP contribution is 2.29. The van der Waals surface area contributed by atoms with E-state index in [-0.39, 0.29) is 35.7 Å². The molecule has 8 nitrogen and oxygen atoms in total. The summed E-state index contributed by atoms with van der Waals surface area (Å²) in [5, 5.41) is 0.641. The average molecular weight is 492 g/mol. The summed E-state index contributed by atoms with van der Waals surface area (Å²) in [7, 11) is 0. The molecular formula is C25H34ClN3O5. The number of morpholine rings is 1. The number of rotatable bonds is 5. The largest absolute Gasteiger partial charge is 0.490 e. The third-order valence-corrected chi connectivity index (χ3v) is 7.42. The van der Waals surface area contributed by atoms with E-state index in [1.54, 1.807) is 24.0 Å². The molecule has 4 rings (SSSR count). The Bertz CT molecular complexity index is 866. The Balaban J connectivity index is 1.41. The Kier molecular flexibility index (Phi) is 8.32. The van der Waals surface area contributed by atoms with Gasteiger partial charge in [-0.3, -0.25) is 14.4 Å². The van der Waals surface area contributed by atoms with Crippen molar-refractivity contribution < 1.29 is 23.9 Å². The van der Waals surface area contributed by atoms with Gasteiger partial charge in [0.05, 0.1) is 13.2 Å². The number of benzene rings is 1. The smallest absolute Gasteiger partial charge is 0.225 e. The monoisotopic (exact) mass is 491 g/mol. The average Bonchev–Trinajstić information content (AvgIpc) is 2.86. The molecular weight excluding hydrogens is 458 g/mol. The van der Waals surface area contributed by atoms with Crippen LogP contribution in [0.5, 0.6) is 5.75 Å². The molecule has 0 bridgehead atoms. The maximum Gasteiger partial charge on any atom is 0.225 e. The number of ether oxygens (including phenoxy) is 2. The van der Waals surface area contributed by atoms with Gasteiger partial charge in [-0.15, -0.1) is 0 Å². The van der Waals surface area contributed by atoms with Gasteiger partial charge in [0.15, 0.2) is 0 Å². The minimum atomic E-state index is -0.158. The minimum Gasteiger partial charge on any atom is -0.490 e. The van der Waals surface area contributed by atoms with Crippen molar-refractivity contribution >= 4 is 29.3 Å². The number of hydrogen-bond acceptors (Lipinski definition) is 5. The first-order valence-electron chi connectivity index (χ1n) is 12.2. The summed E-state index contributed by atoms with van der Waals surface area (Å²) in [6.07, 6.45) is 2.23. The second kappa shape index (κ2) is 11.4. The topological polar surface area (TPSA) is 79.4 Å². The van der Waals surface area contributed by atoms with Crippen LogP contribution in [0, 0.1) is 11.8 Å². The first kappa shape index (κ1) is 24.8. The van der Waals surface area contributed by atoms with Crippen LogP contribution in [0.25, 0.3) is 0 Å². The third kappa shape index (κ3) is 6.21. The lowest BCUT2D eigenvalue weighted by molar-refractivity contribution is -0.145. The van der Waals surface area contributed by atoms with E-state index in [0.717, 1.165) is 5.75 Å². The molecule has 3 fully saturated rings. The maximum atomic E-state index is 13.3. The van der Waals surface area contributed by atoms with E-state index in [1.165, 1.54) is 0 Å². The van der Waals surface area contributed by atoms with Crippen LogP contribution in [0.1, 0.15) is 32.6 Å². The zero-order valence-corrected chi connectivity index (χ0v) is 20.5. The van der Waals surface area contributed by atoms with Crippen molar-refractivity contribution in [1.82, 2.24) is 14.7 Å². The number of piperidine rings is 2. The molecule has 9 heteroatoms. The Morgan fingerprint density at radius 3 is 2.24 bits per heavy atom. The van der Waals surface area contributed by atoms with Gasteiger partial charge in [0.1, 0.15) is 11.9 Å². The number of carbonyl (C=O) groups is 3. The summed E-state index contributed by atoms with van der Waals surface area (Å²) in [6, 6.07) is 7.25. The van der Waals surface area contributed by atoms with Gasteiger partial charge < -0.3 is 24.2 Å². The molecule has 0 aliphatic carbocycles. The summed E-state index contributed by atoms with van der Waals surface area (Å²) >= 11 is 6.01. The number of hydrogen-bond donors (Lipinski definition) is 0. The number of amides is 3. The maximum absolute atomic E-state index is 13.3. The molecule has 0 unspecified atom stereocenters. The lowest BCUT2D eigenvalue weighted by Gasteiger charge is -2.41. The summed E-state index contributed by atoms with van der Waals surface area (Å²) in [5.41, 5.74) is 0. The van der Waals surface area contributed by atoms with Crippen LogP contribution in [0.2, 0.25) is 5.02 Å². The summed E-state index contributed by atoms with van der Waals surface area (Å²) in [4.78, 5) is 43.6. The van der Waals surface area contributed by atoms with Crippen molar-refractivity contribution in [1.29, 1.82) is 0 Å². The van der Waals surface area contributed by atoms with Crippen LogP contribution in [-0.4, -0.2) is 91.0 Å². The number of likely N-dealkylation sites (tertiary alicyclic amines) is 2. The first-order chi connectivity index (χ1) is 16.4. The molecule has 1 aromatic carbocycles. The van der Waals surface area contributed by atoms with Crippen molar-refractivity contribution in [3.05, 3.63) is 29.3 Å². The molecule has 3 aliphatic rings. The fourth-order valence-corrected chi connectivity index (χ4v) is 5.24. The van der Waals surface area contributed by atoms with Crippen molar-refractivity contribution in [3.63, 3.8) is 0 Å². The third-order valence-electron chi connectivity index (χ3n) is 7.17. The van der Waals surface area contributed by atoms with E-state index in [0.29, 0.717) is 83.2 Å². The lowest BCUT2D eigenvalue weighted by Crippen LogP contribution is -2.52. The number of nitrogens with zero attached hydrogens (tertiary/aromatic N) is 3. The molecule has 34 heavy (non-hydrogen) atoms. The van der Waals surface area contributed by atoms with Gasteiger partial charge >= 0.3 is 0 Å². The van der Waals surface area contributed by atoms with Crippen LogP contribution in [-0.2, 0) is 19.1 Å². The molecule has 0 aromatic heterocycles. The summed E-state index contributed by atoms with van der Waals surface area (Å²) in [6.45, 7) is 6.25. The minimum absolute atomic E-state index is 0.0627. The van der Waals surface area contributed by atoms with Crippen LogP contribution < -0.4 is 4.74 Å². The number of halogens is 1. The van der Waals surface area contributed by atoms with E-state index < -0.39 is 0 Å². The quantitative estimate of drug-likeness (QED) is 0.632. The van der Waals surface area contributed by atoms with E-state index in [2.05, 4.69) is 0 Å². The highest BCUT2D eigenvalue weighted by molar-refractivity contribution is 6.30. The van der Waals surface area contributed by atoms with Crippen molar-refractivity contribution in [3.8, 4) is 5.75 Å². The summed E-state index contributed by atoms with van der Waals surface area (Å²) < 4.78 is 11.7. The fourth-order valence-electron chi connectivity index (χ4n) is 5.12. The van der Waals surface area contributed by atoms with Gasteiger partial charge in [-0.1, -0.05) is 11.6 Å². The fraction of sp³-hybridized carbons (Fsp3) is 0.640. The van der Waals surface area contributed by atoms with Crippen LogP contribution in [0.15, 0.2) is 24.3 Å². The molecule has 0 saturated carbocycles. The second-order valence-corrected chi connectivity index (χ2v) is 9.86. The Labute approximate surface area is 206 Å². The molecule has 1 aromatic rings. The van der Waals surface area contributed by atoms with E-state index in [4.69, 9.17) is 21.1 Å². The normalized spacial score (nSPS) is 24.1. The van der Waals surface area contributed by atoms with Gasteiger partial charge in [0, 0.05) is 75.9 Å². The lowest BCUT2D eigenvalue weighted by atomic mass is 9.88. The van der Waals surface area contributed by atoms with Gasteiger partial charge in [-0.2, -0.15) is 0 Å². The van der Waals surface area contributed by atoms with Crippen molar-refractivity contribution in [2.75, 3.05) is 52.5 Å². The molecule has 0 N–H and O–H groups in total. The number of carbonyl (C=O) groups excluding carboxylic acids is 3. The SMILES string of the molecule is CC(=O)N1CCC(C(=O)N2CC[C@H](Oc3ccc(Cl)cc3)[C@@H](CC(=O)N3CCOCC3)C2)CC1. The van der Waals surface area contributed by atoms with Crippen molar-refractivity contribution in [2.45, 2.75) is 38.7 Å². The van der Waals surface area contributed by atoms with Crippen LogP contribution in [0.4, 0.5) is 0 Å². The molecule has 3 aliphatic heterocycles. The standard InChI is InChI=1S/C25H34ClN3O5/c1-18(30)27-9-6-19(7-10-27)25(32)29-11-8-23(34-22-4-2-21(26)3-5-22)20(17-29)16-24(31)28-12-14-33-15-13-28/h2-5,19-20,23H,6-17H2,1H3/t20-,23-/m0/s1. The zero-order valence-electron chi connectivity index (χ0n) is 19.8. The predicted molar refractivity (Wildman–Crippen MR) is 128 cm³/mol. The van der Waals surface area contributed by atoms with Crippen LogP contribution >= 0.6 is 11.6 Å². The van der Waals surface area contributed by atoms with Gasteiger partial charge in [-0.25, -0.2) is 0 Å². The highest BCUT2D eigenvalue weighted by Gasteiger charge is 2.38. The predicted octanol–water partition coefficient (Wildman–Crippen LogP) is 2.44. The van der Waals surface area contributed by atoms with Crippen molar-refractivity contribution in [2.24, 2.45) is 11.8 Å². The summed E-state index contributed by atoms with van der Waals surface area (Å²) in [5.74, 6) is 0.836. The van der Waals surface area contributed by atoms with Gasteiger partial charge in [-0.05, 0) is 37.1 Å². The Morgan fingerprint density at radius 1 is 0.941 bits per heavy atom. The van der Waals surface area contributed by atoms with Gasteiger partial charge in [0.2, 0.25) is 17.7 Å². The molecule has 3 heterocycles. The molecule has 3 saturated heterocycles. The molecule has 3 amide bonds. The van der Waals surface area contributed by atoms with E-state index >= 15 is 0 Å². The van der Waals surface area contributed by atoms with Gasteiger partial charge in [0.25, 0.3) is 0 Å². The molecule has 2 atom stereocenters. The Hall–Kier alpha value is -2.32. The molecule has 0 radical (unpaired) electrons. The van der Waals surface area contributed by atoms with E-state index in [1.807, 2.05) is 21.9 Å². The highest BCUT2D eigenvalue weighted by atomic mass is 35.5. The second-order valence-electron chi connectivity index (χ2n) is 9.42. The molecule has 186 valence electrons.